The molecule has 0 bridgehead atoms. The Labute approximate surface area is 141 Å². The van der Waals surface area contributed by atoms with Gasteiger partial charge in [0.1, 0.15) is 5.82 Å². The lowest BCUT2D eigenvalue weighted by molar-refractivity contribution is 0.908. The molecule has 0 saturated carbocycles. The van der Waals surface area contributed by atoms with Crippen molar-refractivity contribution in [3.8, 4) is 0 Å². The number of nitrogens with zero attached hydrogens (tertiary/aromatic N) is 2. The second kappa shape index (κ2) is 6.34. The van der Waals surface area contributed by atoms with Crippen molar-refractivity contribution in [2.45, 2.75) is 12.4 Å². The molecule has 2 heterocycles. The Morgan fingerprint density at radius 3 is 2.81 bits per heavy atom. The first-order chi connectivity index (χ1) is 10.2. The van der Waals surface area contributed by atoms with Gasteiger partial charge in [-0.25, -0.2) is 4.98 Å². The lowest BCUT2D eigenvalue weighted by Gasteiger charge is -2.20. The van der Waals surface area contributed by atoms with E-state index in [2.05, 4.69) is 51.5 Å². The molecule has 0 aliphatic heterocycles. The second-order valence-electron chi connectivity index (χ2n) is 4.88. The number of halogens is 2. The molecule has 2 nitrogen and oxygen atoms in total. The molecule has 3 aromatic rings. The van der Waals surface area contributed by atoms with Crippen molar-refractivity contribution >= 4 is 55.6 Å². The first kappa shape index (κ1) is 14.8. The molecule has 0 aliphatic carbocycles. The quantitative estimate of drug-likeness (QED) is 0.560. The number of hydrogen-bond acceptors (Lipinski definition) is 3. The number of benzene rings is 1. The van der Waals surface area contributed by atoms with Gasteiger partial charge in [0.25, 0.3) is 0 Å². The van der Waals surface area contributed by atoms with Crippen molar-refractivity contribution in [3.05, 3.63) is 56.7 Å². The Morgan fingerprint density at radius 2 is 2.10 bits per heavy atom. The summed E-state index contributed by atoms with van der Waals surface area (Å²) < 4.78 is 1.12. The maximum atomic E-state index is 6.11. The van der Waals surface area contributed by atoms with Crippen molar-refractivity contribution in [2.24, 2.45) is 0 Å². The predicted molar refractivity (Wildman–Crippen MR) is 95.4 cm³/mol. The smallest absolute Gasteiger partial charge is 0.133 e. The van der Waals surface area contributed by atoms with Gasteiger partial charge >= 0.3 is 0 Å². The number of fused-ring (bicyclic) bond motifs is 1. The van der Waals surface area contributed by atoms with E-state index in [0.29, 0.717) is 5.88 Å². The zero-order valence-corrected chi connectivity index (χ0v) is 14.7. The van der Waals surface area contributed by atoms with Crippen LogP contribution in [0.15, 0.2) is 46.3 Å². The van der Waals surface area contributed by atoms with Crippen LogP contribution < -0.4 is 4.90 Å². The summed E-state index contributed by atoms with van der Waals surface area (Å²) in [6, 6.07) is 12.4. The fourth-order valence-electron chi connectivity index (χ4n) is 2.32. The van der Waals surface area contributed by atoms with E-state index < -0.39 is 0 Å². The number of pyridine rings is 1. The molecule has 0 unspecified atom stereocenters. The van der Waals surface area contributed by atoms with Gasteiger partial charge in [-0.15, -0.1) is 22.9 Å². The van der Waals surface area contributed by atoms with E-state index in [1.807, 2.05) is 18.2 Å². The van der Waals surface area contributed by atoms with Crippen LogP contribution in [-0.4, -0.2) is 12.0 Å². The minimum absolute atomic E-state index is 0.464. The summed E-state index contributed by atoms with van der Waals surface area (Å²) in [6.45, 7) is 0.825. The Balaban J connectivity index is 1.97. The van der Waals surface area contributed by atoms with Gasteiger partial charge in [-0.2, -0.15) is 0 Å². The molecule has 21 heavy (non-hydrogen) atoms. The Hall–Kier alpha value is -1.10. The topological polar surface area (TPSA) is 16.1 Å². The average Bonchev–Trinajstić information content (AvgIpc) is 2.90. The van der Waals surface area contributed by atoms with Gasteiger partial charge in [0.2, 0.25) is 0 Å². The monoisotopic (exact) mass is 380 g/mol. The highest BCUT2D eigenvalue weighted by atomic mass is 79.9. The molecule has 0 saturated heterocycles. The third-order valence-corrected chi connectivity index (χ3v) is 5.27. The van der Waals surface area contributed by atoms with Crippen molar-refractivity contribution < 1.29 is 0 Å². The number of aromatic nitrogens is 1. The first-order valence-corrected chi connectivity index (χ1v) is 8.77. The van der Waals surface area contributed by atoms with Crippen LogP contribution in [0.1, 0.15) is 10.4 Å². The molecule has 1 aromatic carbocycles. The van der Waals surface area contributed by atoms with Gasteiger partial charge < -0.3 is 4.90 Å². The van der Waals surface area contributed by atoms with E-state index in [1.54, 1.807) is 11.3 Å². The number of alkyl halides is 1. The third-order valence-electron chi connectivity index (χ3n) is 3.30. The molecule has 2 aromatic heterocycles. The first-order valence-electron chi connectivity index (χ1n) is 6.56. The van der Waals surface area contributed by atoms with Gasteiger partial charge in [0.05, 0.1) is 17.9 Å². The molecule has 0 radical (unpaired) electrons. The summed E-state index contributed by atoms with van der Waals surface area (Å²) >= 11 is 11.3. The average molecular weight is 382 g/mol. The van der Waals surface area contributed by atoms with Gasteiger partial charge in [-0.1, -0.05) is 18.2 Å². The van der Waals surface area contributed by atoms with Crippen LogP contribution in [0.3, 0.4) is 0 Å². The van der Waals surface area contributed by atoms with E-state index in [0.717, 1.165) is 33.3 Å². The van der Waals surface area contributed by atoms with E-state index >= 15 is 0 Å². The zero-order valence-electron chi connectivity index (χ0n) is 11.5. The summed E-state index contributed by atoms with van der Waals surface area (Å²) in [4.78, 5) is 8.23. The Morgan fingerprint density at radius 1 is 1.29 bits per heavy atom. The highest BCUT2D eigenvalue weighted by Crippen LogP contribution is 2.27. The van der Waals surface area contributed by atoms with E-state index in [9.17, 15) is 0 Å². The molecule has 0 atom stereocenters. The van der Waals surface area contributed by atoms with Crippen LogP contribution in [0.25, 0.3) is 10.9 Å². The fourth-order valence-corrected chi connectivity index (χ4v) is 4.02. The number of thiophene rings is 1. The van der Waals surface area contributed by atoms with Gasteiger partial charge in [-0.3, -0.25) is 0 Å². The standard InChI is InChI=1S/C16H14BrClN2S/c1-20(9-14-7-13(17)10-21-14)16-12(8-18)6-11-4-2-3-5-15(11)19-16/h2-7,10H,8-9H2,1H3. The molecule has 0 spiro atoms. The van der Waals surface area contributed by atoms with Crippen LogP contribution in [-0.2, 0) is 12.4 Å². The van der Waals surface area contributed by atoms with Crippen LogP contribution in [0, 0.1) is 0 Å². The summed E-state index contributed by atoms with van der Waals surface area (Å²) in [7, 11) is 2.06. The van der Waals surface area contributed by atoms with E-state index in [-0.39, 0.29) is 0 Å². The van der Waals surface area contributed by atoms with Crippen LogP contribution in [0.5, 0.6) is 0 Å². The summed E-state index contributed by atoms with van der Waals surface area (Å²) in [5.74, 6) is 1.42. The number of rotatable bonds is 4. The van der Waals surface area contributed by atoms with Crippen molar-refractivity contribution in [3.63, 3.8) is 0 Å². The lowest BCUT2D eigenvalue weighted by atomic mass is 10.1. The maximum absolute atomic E-state index is 6.11. The summed E-state index contributed by atoms with van der Waals surface area (Å²) in [5, 5.41) is 3.23. The van der Waals surface area contributed by atoms with Crippen molar-refractivity contribution in [2.75, 3.05) is 11.9 Å². The summed E-state index contributed by atoms with van der Waals surface area (Å²) in [5.41, 5.74) is 2.06. The Kier molecular flexibility index (Phi) is 4.48. The van der Waals surface area contributed by atoms with Crippen LogP contribution >= 0.6 is 38.9 Å². The van der Waals surface area contributed by atoms with E-state index in [4.69, 9.17) is 16.6 Å². The highest BCUT2D eigenvalue weighted by Gasteiger charge is 2.12. The van der Waals surface area contributed by atoms with Crippen LogP contribution in [0.4, 0.5) is 5.82 Å². The van der Waals surface area contributed by atoms with Crippen molar-refractivity contribution in [1.29, 1.82) is 0 Å². The second-order valence-corrected chi connectivity index (χ2v) is 7.06. The van der Waals surface area contributed by atoms with Crippen molar-refractivity contribution in [1.82, 2.24) is 4.98 Å². The molecular formula is C16H14BrClN2S. The number of anilines is 1. The third kappa shape index (κ3) is 3.23. The fraction of sp³-hybridized carbons (Fsp3) is 0.188. The minimum atomic E-state index is 0.464. The SMILES string of the molecule is CN(Cc1cc(Br)cs1)c1nc2ccccc2cc1CCl. The lowest BCUT2D eigenvalue weighted by Crippen LogP contribution is -2.18. The van der Waals surface area contributed by atoms with Gasteiger partial charge in [0.15, 0.2) is 0 Å². The molecule has 0 fully saturated rings. The van der Waals surface area contributed by atoms with E-state index in [1.165, 1.54) is 4.88 Å². The molecule has 108 valence electrons. The number of para-hydroxylation sites is 1. The molecular weight excluding hydrogens is 368 g/mol. The molecule has 3 rings (SSSR count). The summed E-state index contributed by atoms with van der Waals surface area (Å²) in [6.07, 6.45) is 0. The molecule has 0 N–H and O–H groups in total. The highest BCUT2D eigenvalue weighted by molar-refractivity contribution is 9.10. The zero-order chi connectivity index (χ0) is 14.8. The maximum Gasteiger partial charge on any atom is 0.133 e. The largest absolute Gasteiger partial charge is 0.354 e. The van der Waals surface area contributed by atoms with Gasteiger partial charge in [0, 0.05) is 32.7 Å². The normalized spacial score (nSPS) is 11.0. The van der Waals surface area contributed by atoms with Gasteiger partial charge in [-0.05, 0) is 34.1 Å². The Bertz CT molecular complexity index is 772. The molecule has 5 heteroatoms. The molecule has 0 aliphatic rings. The predicted octanol–water partition coefficient (Wildman–Crippen LogP) is 5.43. The van der Waals surface area contributed by atoms with Crippen LogP contribution in [0.2, 0.25) is 0 Å². The number of hydrogen-bond donors (Lipinski definition) is 0. The molecule has 0 amide bonds. The minimum Gasteiger partial charge on any atom is -0.354 e.